The third-order valence-corrected chi connectivity index (χ3v) is 10.1. The van der Waals surface area contributed by atoms with E-state index in [2.05, 4.69) is 25.2 Å². The van der Waals surface area contributed by atoms with E-state index < -0.39 is 45.6 Å². The molecule has 0 bridgehead atoms. The minimum atomic E-state index is -4.97. The van der Waals surface area contributed by atoms with Crippen molar-refractivity contribution in [3.63, 3.8) is 0 Å². The van der Waals surface area contributed by atoms with Gasteiger partial charge in [0.05, 0.1) is 11.1 Å². The number of hydrogen-bond acceptors (Lipinski definition) is 9. The molecule has 240 valence electrons. The Morgan fingerprint density at radius 3 is 2.40 bits per heavy atom. The van der Waals surface area contributed by atoms with Crippen LogP contribution in [-0.4, -0.2) is 65.9 Å². The molecule has 0 spiro atoms. The van der Waals surface area contributed by atoms with Gasteiger partial charge in [-0.15, -0.1) is 13.2 Å². The number of nitrogens with zero attached hydrogens (tertiary/aromatic N) is 4. The van der Waals surface area contributed by atoms with E-state index in [0.29, 0.717) is 16.2 Å². The molecule has 1 aliphatic rings. The number of hydrogen-bond donors (Lipinski definition) is 2. The van der Waals surface area contributed by atoms with E-state index in [9.17, 15) is 40.0 Å². The highest BCUT2D eigenvalue weighted by molar-refractivity contribution is 7.89. The lowest BCUT2D eigenvalue weighted by molar-refractivity contribution is -0.274. The molecule has 2 N–H and O–H groups in total. The summed E-state index contributed by atoms with van der Waals surface area (Å²) in [5.74, 6) is -4.35. The maximum atomic E-state index is 14.0. The first-order valence-corrected chi connectivity index (χ1v) is 15.7. The number of anilines is 1. The molecule has 1 aliphatic heterocycles. The van der Waals surface area contributed by atoms with E-state index in [-0.39, 0.29) is 47.8 Å². The van der Waals surface area contributed by atoms with Crippen molar-refractivity contribution >= 4 is 42.6 Å². The van der Waals surface area contributed by atoms with E-state index in [1.165, 1.54) is 37.4 Å². The number of carbonyl (C=O) groups excluding carboxylic acids is 1. The molecule has 0 aliphatic carbocycles. The van der Waals surface area contributed by atoms with Gasteiger partial charge in [0, 0.05) is 38.2 Å². The third kappa shape index (κ3) is 7.07. The lowest BCUT2D eigenvalue weighted by atomic mass is 10.0. The zero-order valence-electron chi connectivity index (χ0n) is 23.3. The number of fused-ring (bicyclic) bond motifs is 1. The largest absolute Gasteiger partial charge is 0.573 e. The highest BCUT2D eigenvalue weighted by atomic mass is 32.2. The summed E-state index contributed by atoms with van der Waals surface area (Å²) >= 11 is 1.03. The molecule has 5 rings (SSSR count). The molecule has 18 heteroatoms. The van der Waals surface area contributed by atoms with Crippen molar-refractivity contribution in [1.29, 1.82) is 0 Å². The van der Waals surface area contributed by atoms with E-state index in [1.807, 2.05) is 0 Å². The van der Waals surface area contributed by atoms with Crippen LogP contribution >= 0.6 is 11.3 Å². The lowest BCUT2D eigenvalue weighted by Gasteiger charge is -2.39. The fourth-order valence-electron chi connectivity index (χ4n) is 4.68. The number of carbonyl (C=O) groups is 1. The molecule has 0 radical (unpaired) electrons. The van der Waals surface area contributed by atoms with Crippen LogP contribution in [-0.2, 0) is 27.3 Å². The summed E-state index contributed by atoms with van der Waals surface area (Å²) in [5, 5.41) is 9.02. The predicted molar refractivity (Wildman–Crippen MR) is 154 cm³/mol. The van der Waals surface area contributed by atoms with Crippen LogP contribution in [0, 0.1) is 0 Å². The Labute approximate surface area is 256 Å². The van der Waals surface area contributed by atoms with Gasteiger partial charge in [0.2, 0.25) is 15.9 Å². The number of thiazole rings is 1. The molecule has 1 fully saturated rings. The molecule has 0 saturated carbocycles. The van der Waals surface area contributed by atoms with Crippen LogP contribution in [0.5, 0.6) is 5.75 Å². The molecule has 0 unspecified atom stereocenters. The zero-order chi connectivity index (χ0) is 32.6. The maximum absolute atomic E-state index is 14.0. The first-order chi connectivity index (χ1) is 21.2. The van der Waals surface area contributed by atoms with E-state index in [0.717, 1.165) is 39.9 Å². The Kier molecular flexibility index (Phi) is 8.83. The third-order valence-electron chi connectivity index (χ3n) is 7.06. The lowest BCUT2D eigenvalue weighted by Crippen LogP contribution is -2.60. The molecule has 1 amide bonds. The first-order valence-electron chi connectivity index (χ1n) is 13.4. The van der Waals surface area contributed by atoms with Gasteiger partial charge < -0.3 is 15.0 Å². The number of amides is 1. The van der Waals surface area contributed by atoms with Crippen LogP contribution in [0.15, 0.2) is 64.4 Å². The second-order valence-corrected chi connectivity index (χ2v) is 12.8. The molecule has 2 aromatic carbocycles. The Morgan fingerprint density at radius 2 is 1.78 bits per heavy atom. The first kappa shape index (κ1) is 32.2. The van der Waals surface area contributed by atoms with Crippen LogP contribution in [0.1, 0.15) is 24.5 Å². The minimum absolute atomic E-state index is 0.0660. The number of nitrogens with one attached hydrogen (secondary N) is 2. The summed E-state index contributed by atoms with van der Waals surface area (Å²) < 4.78 is 98.2. The summed E-state index contributed by atoms with van der Waals surface area (Å²) in [4.78, 5) is 31.4. The smallest absolute Gasteiger partial charge is 0.406 e. The molecule has 1 saturated heterocycles. The predicted octanol–water partition coefficient (Wildman–Crippen LogP) is 3.98. The average Bonchev–Trinajstić information content (AvgIpc) is 3.45. The molecule has 11 nitrogen and oxygen atoms in total. The maximum Gasteiger partial charge on any atom is 0.573 e. The molecular weight excluding hydrogens is 647 g/mol. The molecule has 45 heavy (non-hydrogen) atoms. The van der Waals surface area contributed by atoms with Gasteiger partial charge in [-0.25, -0.2) is 27.3 Å². The minimum Gasteiger partial charge on any atom is -0.406 e. The van der Waals surface area contributed by atoms with Crippen molar-refractivity contribution in [2.45, 2.75) is 43.1 Å². The second kappa shape index (κ2) is 12.3. The zero-order valence-corrected chi connectivity index (χ0v) is 25.0. The van der Waals surface area contributed by atoms with Gasteiger partial charge in [-0.3, -0.25) is 9.59 Å². The summed E-state index contributed by atoms with van der Waals surface area (Å²) in [6, 6.07) is 7.60. The number of aromatic nitrogens is 3. The summed E-state index contributed by atoms with van der Waals surface area (Å²) in [7, 11) is -4.42. The number of piperazine rings is 1. The Bertz CT molecular complexity index is 1850. The van der Waals surface area contributed by atoms with Crippen LogP contribution in [0.4, 0.5) is 27.1 Å². The van der Waals surface area contributed by atoms with Crippen LogP contribution < -0.4 is 20.5 Å². The van der Waals surface area contributed by atoms with Gasteiger partial charge in [-0.05, 0) is 29.8 Å². The van der Waals surface area contributed by atoms with Crippen LogP contribution in [0.2, 0.25) is 0 Å². The van der Waals surface area contributed by atoms with E-state index in [4.69, 9.17) is 0 Å². The molecule has 4 aromatic rings. The number of aromatic amines is 1. The van der Waals surface area contributed by atoms with Crippen LogP contribution in [0.25, 0.3) is 10.2 Å². The summed E-state index contributed by atoms with van der Waals surface area (Å²) in [6.07, 6.45) is -4.00. The van der Waals surface area contributed by atoms with Crippen molar-refractivity contribution in [3.8, 4) is 5.75 Å². The summed E-state index contributed by atoms with van der Waals surface area (Å²) in [5.41, 5.74) is 0.150. The van der Waals surface area contributed by atoms with Gasteiger partial charge in [0.1, 0.15) is 22.0 Å². The second-order valence-electron chi connectivity index (χ2n) is 9.98. The van der Waals surface area contributed by atoms with E-state index >= 15 is 0 Å². The van der Waals surface area contributed by atoms with E-state index in [1.54, 1.807) is 4.90 Å². The molecule has 2 aromatic heterocycles. The van der Waals surface area contributed by atoms with Gasteiger partial charge >= 0.3 is 6.36 Å². The van der Waals surface area contributed by atoms with Gasteiger partial charge in [-0.1, -0.05) is 42.5 Å². The number of ether oxygens (including phenoxy) is 1. The van der Waals surface area contributed by atoms with Gasteiger partial charge in [0.15, 0.2) is 5.13 Å². The number of benzene rings is 2. The highest BCUT2D eigenvalue weighted by Gasteiger charge is 2.41. The van der Waals surface area contributed by atoms with Crippen molar-refractivity contribution in [2.24, 2.45) is 0 Å². The Morgan fingerprint density at radius 1 is 1.09 bits per heavy atom. The number of H-pyrrole nitrogens is 1. The van der Waals surface area contributed by atoms with Crippen molar-refractivity contribution < 1.29 is 39.9 Å². The fraction of sp³-hybridized carbons (Fsp3) is 0.333. The number of alkyl halides is 5. The number of rotatable bonds is 9. The van der Waals surface area contributed by atoms with Gasteiger partial charge in [-0.2, -0.15) is 9.40 Å². The fourth-order valence-corrected chi connectivity index (χ4v) is 7.21. The van der Waals surface area contributed by atoms with Crippen molar-refractivity contribution in [3.05, 3.63) is 76.2 Å². The topological polar surface area (TPSA) is 138 Å². The summed E-state index contributed by atoms with van der Waals surface area (Å²) in [6.45, 7) is 0.915. The average molecular weight is 673 g/mol. The molecular formula is C27H25F5N6O5S2. The van der Waals surface area contributed by atoms with Crippen molar-refractivity contribution in [1.82, 2.24) is 24.8 Å². The molecule has 1 atom stereocenters. The van der Waals surface area contributed by atoms with Crippen molar-refractivity contribution in [2.75, 3.05) is 24.5 Å². The number of sulfonamides is 1. The quantitative estimate of drug-likeness (QED) is 0.255. The SMILES string of the molecule is CCC(F)(F)c1ccc(CNC(=O)[C@H]2CN(c3nc4cn[nH]c(=O)c4s3)CCN2S(=O)(=O)c2ccc(OC(F)(F)F)cc2)cc1. The monoisotopic (exact) mass is 672 g/mol. The highest BCUT2D eigenvalue weighted by Crippen LogP contribution is 2.32. The van der Waals surface area contributed by atoms with Gasteiger partial charge in [0.25, 0.3) is 11.5 Å². The Balaban J connectivity index is 1.40. The normalized spacial score (nSPS) is 16.6. The molecule has 3 heterocycles. The number of halogens is 5. The standard InChI is InChI=1S/C27H25F5N6O5S2/c1-2-26(28,29)17-5-3-16(4-6-17)13-33-23(39)21-15-37(25-35-20-14-34-36-24(40)22(20)44-25)11-12-38(21)45(41,42)19-9-7-18(8-10-19)43-27(30,31)32/h3-10,14,21H,2,11-13,15H2,1H3,(H,33,39)(H,36,40)/t21-/m1/s1. The Hall–Kier alpha value is -4.16. The van der Waals surface area contributed by atoms with Crippen LogP contribution in [0.3, 0.4) is 0 Å².